The molecule has 0 aliphatic carbocycles. The van der Waals surface area contributed by atoms with Gasteiger partial charge in [0.2, 0.25) is 0 Å². The summed E-state index contributed by atoms with van der Waals surface area (Å²) in [6, 6.07) is 7.80. The first-order valence-corrected chi connectivity index (χ1v) is 4.95. The molecule has 0 atom stereocenters. The minimum Gasteiger partial charge on any atom is -0.494 e. The van der Waals surface area contributed by atoms with Crippen LogP contribution in [-0.4, -0.2) is 11.8 Å². The summed E-state index contributed by atoms with van der Waals surface area (Å²) in [5.41, 5.74) is 2.12. The van der Waals surface area contributed by atoms with Crippen molar-refractivity contribution >= 4 is 0 Å². The van der Waals surface area contributed by atoms with Crippen LogP contribution in [0.1, 0.15) is 12.5 Å². The van der Waals surface area contributed by atoms with Crippen LogP contribution in [0.4, 0.5) is 0 Å². The summed E-state index contributed by atoms with van der Waals surface area (Å²) < 4.78 is 10.5. The van der Waals surface area contributed by atoms with Crippen LogP contribution >= 0.6 is 0 Å². The second-order valence-electron chi connectivity index (χ2n) is 3.29. The largest absolute Gasteiger partial charge is 0.494 e. The standard InChI is InChI=1S/C12H13NO2/c1-3-14-11-5-4-10(8-9(11)2)12-6-7-13-15-12/h4-8H,3H2,1-2H3. The van der Waals surface area contributed by atoms with E-state index in [2.05, 4.69) is 5.16 Å². The Kier molecular flexibility index (Phi) is 2.72. The van der Waals surface area contributed by atoms with E-state index >= 15 is 0 Å². The Bertz CT molecular complexity index is 435. The topological polar surface area (TPSA) is 35.3 Å². The van der Waals surface area contributed by atoms with Crippen molar-refractivity contribution in [1.82, 2.24) is 5.16 Å². The number of aryl methyl sites for hydroxylation is 1. The maximum absolute atomic E-state index is 5.46. The van der Waals surface area contributed by atoms with Gasteiger partial charge >= 0.3 is 0 Å². The van der Waals surface area contributed by atoms with Gasteiger partial charge in [0.15, 0.2) is 5.76 Å². The molecule has 1 aromatic carbocycles. The lowest BCUT2D eigenvalue weighted by Gasteiger charge is -2.07. The third kappa shape index (κ3) is 2.01. The highest BCUT2D eigenvalue weighted by atomic mass is 16.5. The Morgan fingerprint density at radius 3 is 2.80 bits per heavy atom. The summed E-state index contributed by atoms with van der Waals surface area (Å²) in [5, 5.41) is 3.68. The van der Waals surface area contributed by atoms with Gasteiger partial charge in [0.25, 0.3) is 0 Å². The molecule has 15 heavy (non-hydrogen) atoms. The van der Waals surface area contributed by atoms with Crippen molar-refractivity contribution in [2.24, 2.45) is 0 Å². The van der Waals surface area contributed by atoms with E-state index in [1.807, 2.05) is 38.1 Å². The van der Waals surface area contributed by atoms with E-state index in [0.717, 1.165) is 22.6 Å². The summed E-state index contributed by atoms with van der Waals surface area (Å²) >= 11 is 0. The molecule has 0 radical (unpaired) electrons. The van der Waals surface area contributed by atoms with Gasteiger partial charge in [-0.15, -0.1) is 0 Å². The number of ether oxygens (including phenoxy) is 1. The van der Waals surface area contributed by atoms with Gasteiger partial charge in [0.05, 0.1) is 12.8 Å². The lowest BCUT2D eigenvalue weighted by molar-refractivity contribution is 0.338. The van der Waals surface area contributed by atoms with E-state index in [-0.39, 0.29) is 0 Å². The van der Waals surface area contributed by atoms with Crippen LogP contribution in [0.15, 0.2) is 35.0 Å². The predicted molar refractivity (Wildman–Crippen MR) is 57.8 cm³/mol. The van der Waals surface area contributed by atoms with Crippen LogP contribution in [-0.2, 0) is 0 Å². The second-order valence-corrected chi connectivity index (χ2v) is 3.29. The van der Waals surface area contributed by atoms with Crippen LogP contribution in [0.5, 0.6) is 5.75 Å². The summed E-state index contributed by atoms with van der Waals surface area (Å²) in [6.07, 6.45) is 1.64. The Morgan fingerprint density at radius 1 is 1.33 bits per heavy atom. The van der Waals surface area contributed by atoms with Gasteiger partial charge in [0.1, 0.15) is 5.75 Å². The average molecular weight is 203 g/mol. The van der Waals surface area contributed by atoms with Crippen molar-refractivity contribution in [3.05, 3.63) is 36.0 Å². The van der Waals surface area contributed by atoms with Gasteiger partial charge in [-0.2, -0.15) is 0 Å². The maximum atomic E-state index is 5.46. The Hall–Kier alpha value is -1.77. The van der Waals surface area contributed by atoms with E-state index in [4.69, 9.17) is 9.26 Å². The molecule has 0 aliphatic rings. The first-order valence-electron chi connectivity index (χ1n) is 4.95. The zero-order valence-corrected chi connectivity index (χ0v) is 8.86. The van der Waals surface area contributed by atoms with Crippen LogP contribution < -0.4 is 4.74 Å². The molecule has 2 aromatic rings. The number of nitrogens with zero attached hydrogens (tertiary/aromatic N) is 1. The molecule has 78 valence electrons. The lowest BCUT2D eigenvalue weighted by atomic mass is 10.1. The van der Waals surface area contributed by atoms with Crippen molar-refractivity contribution in [2.45, 2.75) is 13.8 Å². The molecule has 0 amide bonds. The van der Waals surface area contributed by atoms with Gasteiger partial charge in [-0.1, -0.05) is 5.16 Å². The Morgan fingerprint density at radius 2 is 2.20 bits per heavy atom. The quantitative estimate of drug-likeness (QED) is 0.769. The van der Waals surface area contributed by atoms with E-state index in [9.17, 15) is 0 Å². The first-order chi connectivity index (χ1) is 7.31. The molecule has 0 saturated heterocycles. The maximum Gasteiger partial charge on any atom is 0.166 e. The van der Waals surface area contributed by atoms with E-state index in [0.29, 0.717) is 6.61 Å². The molecule has 2 rings (SSSR count). The number of rotatable bonds is 3. The van der Waals surface area contributed by atoms with E-state index < -0.39 is 0 Å². The molecule has 0 saturated carbocycles. The van der Waals surface area contributed by atoms with Crippen LogP contribution in [0.2, 0.25) is 0 Å². The molecule has 0 aliphatic heterocycles. The van der Waals surface area contributed by atoms with E-state index in [1.54, 1.807) is 6.20 Å². The summed E-state index contributed by atoms with van der Waals surface area (Å²) in [7, 11) is 0. The van der Waals surface area contributed by atoms with Crippen LogP contribution in [0.3, 0.4) is 0 Å². The minimum absolute atomic E-state index is 0.683. The van der Waals surface area contributed by atoms with Gasteiger partial charge in [-0.3, -0.25) is 0 Å². The number of hydrogen-bond donors (Lipinski definition) is 0. The Balaban J connectivity index is 2.33. The lowest BCUT2D eigenvalue weighted by Crippen LogP contribution is -1.93. The predicted octanol–water partition coefficient (Wildman–Crippen LogP) is 3.05. The fourth-order valence-electron chi connectivity index (χ4n) is 1.48. The summed E-state index contributed by atoms with van der Waals surface area (Å²) in [5.74, 6) is 1.70. The Labute approximate surface area is 88.7 Å². The molecule has 3 heteroatoms. The summed E-state index contributed by atoms with van der Waals surface area (Å²) in [6.45, 7) is 4.68. The van der Waals surface area contributed by atoms with Crippen molar-refractivity contribution < 1.29 is 9.26 Å². The molecular weight excluding hydrogens is 190 g/mol. The minimum atomic E-state index is 0.683. The number of benzene rings is 1. The third-order valence-electron chi connectivity index (χ3n) is 2.20. The van der Waals surface area contributed by atoms with Crippen LogP contribution in [0, 0.1) is 6.92 Å². The van der Waals surface area contributed by atoms with Gasteiger partial charge in [-0.25, -0.2) is 0 Å². The molecule has 0 unspecified atom stereocenters. The third-order valence-corrected chi connectivity index (χ3v) is 2.20. The van der Waals surface area contributed by atoms with E-state index in [1.165, 1.54) is 0 Å². The fraction of sp³-hybridized carbons (Fsp3) is 0.250. The highest BCUT2D eigenvalue weighted by Crippen LogP contribution is 2.25. The van der Waals surface area contributed by atoms with Gasteiger partial charge in [0, 0.05) is 11.6 Å². The van der Waals surface area contributed by atoms with Gasteiger partial charge in [-0.05, 0) is 37.6 Å². The summed E-state index contributed by atoms with van der Waals surface area (Å²) in [4.78, 5) is 0. The van der Waals surface area contributed by atoms with Crippen molar-refractivity contribution in [3.63, 3.8) is 0 Å². The molecule has 1 heterocycles. The van der Waals surface area contributed by atoms with Crippen LogP contribution in [0.25, 0.3) is 11.3 Å². The zero-order chi connectivity index (χ0) is 10.7. The first kappa shape index (κ1) is 9.77. The zero-order valence-electron chi connectivity index (χ0n) is 8.86. The number of aromatic nitrogens is 1. The molecule has 0 N–H and O–H groups in total. The highest BCUT2D eigenvalue weighted by Gasteiger charge is 2.04. The highest BCUT2D eigenvalue weighted by molar-refractivity contribution is 5.59. The molecule has 0 spiro atoms. The monoisotopic (exact) mass is 203 g/mol. The molecule has 3 nitrogen and oxygen atoms in total. The van der Waals surface area contributed by atoms with Crippen molar-refractivity contribution in [1.29, 1.82) is 0 Å². The SMILES string of the molecule is CCOc1ccc(-c2ccno2)cc1C. The van der Waals surface area contributed by atoms with Gasteiger partial charge < -0.3 is 9.26 Å². The second kappa shape index (κ2) is 4.17. The molecular formula is C12H13NO2. The van der Waals surface area contributed by atoms with Crippen molar-refractivity contribution in [2.75, 3.05) is 6.61 Å². The smallest absolute Gasteiger partial charge is 0.166 e. The average Bonchev–Trinajstić information content (AvgIpc) is 2.74. The molecule has 0 fully saturated rings. The van der Waals surface area contributed by atoms with Crippen molar-refractivity contribution in [3.8, 4) is 17.1 Å². The number of hydrogen-bond acceptors (Lipinski definition) is 3. The fourth-order valence-corrected chi connectivity index (χ4v) is 1.48. The molecule has 0 bridgehead atoms. The molecule has 1 aromatic heterocycles. The normalized spacial score (nSPS) is 10.3.